The van der Waals surface area contributed by atoms with Crippen LogP contribution in [-0.2, 0) is 33.3 Å². The number of sulfonamides is 1. The van der Waals surface area contributed by atoms with Crippen molar-refractivity contribution < 1.29 is 18.0 Å². The van der Waals surface area contributed by atoms with E-state index in [1.807, 2.05) is 38.1 Å². The third-order valence-corrected chi connectivity index (χ3v) is 10.4. The molecule has 1 unspecified atom stereocenters. The highest BCUT2D eigenvalue weighted by Crippen LogP contribution is 2.53. The molecule has 11 heteroatoms. The van der Waals surface area contributed by atoms with Crippen molar-refractivity contribution in [1.82, 2.24) is 20.0 Å². The summed E-state index contributed by atoms with van der Waals surface area (Å²) in [6, 6.07) is 12.1. The number of hydrogen-bond donors (Lipinski definition) is 1. The van der Waals surface area contributed by atoms with Crippen molar-refractivity contribution in [3.05, 3.63) is 76.6 Å². The molecule has 3 heterocycles. The lowest BCUT2D eigenvalue weighted by molar-refractivity contribution is -0.130. The number of nitrogens with zero attached hydrogens (tertiary/aromatic N) is 4. The highest BCUT2D eigenvalue weighted by Gasteiger charge is 2.54. The minimum Gasteiger partial charge on any atom is -0.348 e. The van der Waals surface area contributed by atoms with Gasteiger partial charge in [-0.15, -0.1) is 0 Å². The number of hydrogen-bond acceptors (Lipinski definition) is 5. The van der Waals surface area contributed by atoms with Gasteiger partial charge in [-0.3, -0.25) is 18.6 Å². The Morgan fingerprint density at radius 1 is 1.15 bits per heavy atom. The van der Waals surface area contributed by atoms with E-state index in [9.17, 15) is 18.0 Å². The third kappa shape index (κ3) is 4.69. The molecule has 1 spiro atoms. The molecular formula is C28H32ClN5O4S. The molecular weight excluding hydrogens is 538 g/mol. The summed E-state index contributed by atoms with van der Waals surface area (Å²) in [5.41, 5.74) is 2.08. The van der Waals surface area contributed by atoms with Crippen molar-refractivity contribution >= 4 is 39.1 Å². The summed E-state index contributed by atoms with van der Waals surface area (Å²) in [6.45, 7) is 7.22. The van der Waals surface area contributed by atoms with Gasteiger partial charge in [-0.1, -0.05) is 29.8 Å². The van der Waals surface area contributed by atoms with E-state index in [0.29, 0.717) is 48.7 Å². The Bertz CT molecular complexity index is 1530. The Labute approximate surface area is 233 Å². The van der Waals surface area contributed by atoms with Crippen molar-refractivity contribution in [3.8, 4) is 0 Å². The van der Waals surface area contributed by atoms with Crippen molar-refractivity contribution in [2.45, 2.75) is 63.1 Å². The number of aromatic nitrogens is 2. The zero-order valence-electron chi connectivity index (χ0n) is 22.2. The quantitative estimate of drug-likeness (QED) is 0.484. The van der Waals surface area contributed by atoms with Crippen LogP contribution in [0.3, 0.4) is 0 Å². The minimum atomic E-state index is -3.93. The first-order valence-corrected chi connectivity index (χ1v) is 14.9. The Balaban J connectivity index is 1.53. The minimum absolute atomic E-state index is 0.000109. The van der Waals surface area contributed by atoms with Crippen LogP contribution in [0.2, 0.25) is 5.02 Å². The van der Waals surface area contributed by atoms with E-state index in [2.05, 4.69) is 10.4 Å². The normalized spacial score (nSPS) is 18.3. The van der Waals surface area contributed by atoms with Gasteiger partial charge in [-0.25, -0.2) is 8.42 Å². The summed E-state index contributed by atoms with van der Waals surface area (Å²) in [6.07, 6.45) is 4.10. The molecule has 1 aromatic heterocycles. The topological polar surface area (TPSA) is 105 Å². The predicted octanol–water partition coefficient (Wildman–Crippen LogP) is 3.96. The van der Waals surface area contributed by atoms with E-state index >= 15 is 0 Å². The Kier molecular flexibility index (Phi) is 7.19. The molecule has 1 fully saturated rings. The molecule has 1 saturated heterocycles. The maximum atomic E-state index is 14.0. The summed E-state index contributed by atoms with van der Waals surface area (Å²) < 4.78 is 31.0. The number of benzene rings is 2. The molecule has 5 rings (SSSR count). The Morgan fingerprint density at radius 2 is 1.87 bits per heavy atom. The lowest BCUT2D eigenvalue weighted by Gasteiger charge is -2.43. The summed E-state index contributed by atoms with van der Waals surface area (Å²) in [7, 11) is -3.93. The average Bonchev–Trinajstić information content (AvgIpc) is 3.51. The van der Waals surface area contributed by atoms with Gasteiger partial charge in [0.25, 0.3) is 15.9 Å². The number of amides is 2. The van der Waals surface area contributed by atoms with E-state index < -0.39 is 21.5 Å². The number of fused-ring (bicyclic) bond motifs is 2. The molecule has 0 saturated carbocycles. The van der Waals surface area contributed by atoms with Crippen LogP contribution in [0.15, 0.2) is 59.8 Å². The van der Waals surface area contributed by atoms with Crippen LogP contribution >= 0.6 is 11.6 Å². The molecule has 0 radical (unpaired) electrons. The zero-order valence-corrected chi connectivity index (χ0v) is 23.8. The predicted molar refractivity (Wildman–Crippen MR) is 149 cm³/mol. The van der Waals surface area contributed by atoms with Crippen LogP contribution in [-0.4, -0.2) is 54.0 Å². The van der Waals surface area contributed by atoms with Gasteiger partial charge in [0.05, 0.1) is 17.9 Å². The number of halogens is 1. The molecule has 0 aliphatic carbocycles. The smallest absolute Gasteiger partial charge is 0.267 e. The van der Waals surface area contributed by atoms with Gasteiger partial charge in [0, 0.05) is 55.3 Å². The maximum absolute atomic E-state index is 14.0. The lowest BCUT2D eigenvalue weighted by Crippen LogP contribution is -2.52. The van der Waals surface area contributed by atoms with Gasteiger partial charge < -0.3 is 10.2 Å². The molecule has 2 aliphatic rings. The van der Waals surface area contributed by atoms with Crippen LogP contribution in [0.1, 0.15) is 55.1 Å². The molecule has 1 atom stereocenters. The third-order valence-electron chi connectivity index (χ3n) is 8.17. The van der Waals surface area contributed by atoms with E-state index in [0.717, 1.165) is 11.1 Å². The summed E-state index contributed by atoms with van der Waals surface area (Å²) in [5, 5.41) is 7.68. The SMILES string of the molecule is CCn1cc(S(=O)(=O)N2c3ccc(C(=O)NCc4ccccc4Cl)cc3C3(CCN(C(C)=O)CC3)C2C)cn1. The van der Waals surface area contributed by atoms with Crippen LogP contribution in [0.25, 0.3) is 0 Å². The average molecular weight is 570 g/mol. The standard InChI is InChI=1S/C28H32ClN5O4S/c1-4-33-18-23(17-31-33)39(37,38)34-19(2)28(11-13-32(14-12-28)20(3)35)24-15-21(9-10-26(24)34)27(36)30-16-22-7-5-6-8-25(22)29/h5-10,15,17-19H,4,11-14,16H2,1-3H3,(H,30,36). The van der Waals surface area contributed by atoms with Gasteiger partial charge in [0.1, 0.15) is 4.90 Å². The van der Waals surface area contributed by atoms with Crippen molar-refractivity contribution in [1.29, 1.82) is 0 Å². The molecule has 0 bridgehead atoms. The first kappa shape index (κ1) is 27.2. The summed E-state index contributed by atoms with van der Waals surface area (Å²) >= 11 is 6.25. The lowest BCUT2D eigenvalue weighted by atomic mass is 9.70. The number of rotatable bonds is 6. The molecule has 2 amide bonds. The number of likely N-dealkylation sites (tertiary alicyclic amines) is 1. The van der Waals surface area contributed by atoms with Crippen molar-refractivity contribution in [3.63, 3.8) is 0 Å². The molecule has 2 aromatic carbocycles. The van der Waals surface area contributed by atoms with Gasteiger partial charge in [0.2, 0.25) is 5.91 Å². The molecule has 2 aliphatic heterocycles. The second kappa shape index (κ2) is 10.3. The monoisotopic (exact) mass is 569 g/mol. The highest BCUT2D eigenvalue weighted by molar-refractivity contribution is 7.92. The number of nitrogens with one attached hydrogen (secondary N) is 1. The number of aryl methyl sites for hydroxylation is 1. The number of carbonyl (C=O) groups excluding carboxylic acids is 2. The first-order valence-electron chi connectivity index (χ1n) is 13.1. The van der Waals surface area contributed by atoms with Gasteiger partial charge in [-0.2, -0.15) is 5.10 Å². The van der Waals surface area contributed by atoms with Gasteiger partial charge in [0.15, 0.2) is 0 Å². The molecule has 206 valence electrons. The van der Waals surface area contributed by atoms with Crippen LogP contribution in [0, 0.1) is 0 Å². The fourth-order valence-electron chi connectivity index (χ4n) is 5.86. The molecule has 39 heavy (non-hydrogen) atoms. The van der Waals surface area contributed by atoms with E-state index in [4.69, 9.17) is 11.6 Å². The zero-order chi connectivity index (χ0) is 27.9. The highest BCUT2D eigenvalue weighted by atomic mass is 35.5. The molecule has 3 aromatic rings. The maximum Gasteiger partial charge on any atom is 0.267 e. The van der Waals surface area contributed by atoms with Crippen LogP contribution in [0.4, 0.5) is 5.69 Å². The van der Waals surface area contributed by atoms with Gasteiger partial charge in [-0.05, 0) is 62.1 Å². The van der Waals surface area contributed by atoms with Crippen LogP contribution < -0.4 is 9.62 Å². The fourth-order valence-corrected chi connectivity index (χ4v) is 7.76. The van der Waals surface area contributed by atoms with Crippen LogP contribution in [0.5, 0.6) is 0 Å². The van der Waals surface area contributed by atoms with E-state index in [1.54, 1.807) is 40.9 Å². The molecule has 1 N–H and O–H groups in total. The fraction of sp³-hybridized carbons (Fsp3) is 0.393. The van der Waals surface area contributed by atoms with Crippen molar-refractivity contribution in [2.75, 3.05) is 17.4 Å². The van der Waals surface area contributed by atoms with E-state index in [1.165, 1.54) is 10.5 Å². The van der Waals surface area contributed by atoms with E-state index in [-0.39, 0.29) is 23.3 Å². The Hall–Kier alpha value is -3.37. The number of carbonyl (C=O) groups is 2. The first-order chi connectivity index (χ1) is 18.6. The largest absolute Gasteiger partial charge is 0.348 e. The number of anilines is 1. The summed E-state index contributed by atoms with van der Waals surface area (Å²) in [4.78, 5) is 27.2. The second-order valence-corrected chi connectivity index (χ2v) is 12.4. The summed E-state index contributed by atoms with van der Waals surface area (Å²) in [5.74, 6) is -0.271. The molecule has 9 nitrogen and oxygen atoms in total. The Morgan fingerprint density at radius 3 is 2.51 bits per heavy atom. The van der Waals surface area contributed by atoms with Crippen molar-refractivity contribution in [2.24, 2.45) is 0 Å². The second-order valence-electron chi connectivity index (χ2n) is 10.2. The van der Waals surface area contributed by atoms with Gasteiger partial charge >= 0.3 is 0 Å². The number of piperidine rings is 1.